The summed E-state index contributed by atoms with van der Waals surface area (Å²) in [7, 11) is -1.71. The van der Waals surface area contributed by atoms with E-state index in [2.05, 4.69) is 0 Å². The Hall–Kier alpha value is -1.60. The summed E-state index contributed by atoms with van der Waals surface area (Å²) >= 11 is 0. The van der Waals surface area contributed by atoms with Crippen molar-refractivity contribution >= 4 is 16.1 Å². The highest BCUT2D eigenvalue weighted by molar-refractivity contribution is 7.88. The highest BCUT2D eigenvalue weighted by atomic mass is 32.2. The molecule has 0 bridgehead atoms. The molecule has 0 saturated carbocycles. The lowest BCUT2D eigenvalue weighted by atomic mass is 9.97. The predicted molar refractivity (Wildman–Crippen MR) is 107 cm³/mol. The maximum atomic E-state index is 12.6. The van der Waals surface area contributed by atoms with Gasteiger partial charge in [-0.15, -0.1) is 0 Å². The van der Waals surface area contributed by atoms with Crippen molar-refractivity contribution in [2.45, 2.75) is 51.9 Å². The summed E-state index contributed by atoms with van der Waals surface area (Å²) in [5, 5.41) is 0. The molecule has 0 spiro atoms. The fourth-order valence-electron chi connectivity index (χ4n) is 3.11. The molecule has 0 aliphatic carbocycles. The minimum absolute atomic E-state index is 0.0144. The van der Waals surface area contributed by atoms with Crippen LogP contribution in [-0.4, -0.2) is 56.0 Å². The van der Waals surface area contributed by atoms with E-state index in [0.29, 0.717) is 19.6 Å². The van der Waals surface area contributed by atoms with Crippen molar-refractivity contribution in [2.75, 3.05) is 26.7 Å². The molecule has 1 aromatic rings. The van der Waals surface area contributed by atoms with Gasteiger partial charge in [0, 0.05) is 26.7 Å². The fraction of sp³-hybridized carbons (Fsp3) is 0.650. The summed E-state index contributed by atoms with van der Waals surface area (Å²) in [6.07, 6.45) is 1.27. The van der Waals surface area contributed by atoms with E-state index in [1.807, 2.05) is 52.0 Å². The molecule has 0 unspecified atom stereocenters. The summed E-state index contributed by atoms with van der Waals surface area (Å²) in [5.41, 5.74) is 1.41. The highest BCUT2D eigenvalue weighted by Gasteiger charge is 2.29. The lowest BCUT2D eigenvalue weighted by molar-refractivity contribution is 0.0179. The molecule has 0 N–H and O–H groups in total. The summed E-state index contributed by atoms with van der Waals surface area (Å²) in [6.45, 7) is 9.23. The third-order valence-corrected chi connectivity index (χ3v) is 6.52. The molecule has 152 valence electrons. The van der Waals surface area contributed by atoms with Gasteiger partial charge in [0.25, 0.3) is 0 Å². The van der Waals surface area contributed by atoms with Crippen LogP contribution in [0.2, 0.25) is 0 Å². The molecule has 1 aromatic carbocycles. The van der Waals surface area contributed by atoms with Crippen LogP contribution < -0.4 is 0 Å². The van der Waals surface area contributed by atoms with Gasteiger partial charge in [0.15, 0.2) is 0 Å². The minimum atomic E-state index is -3.35. The van der Waals surface area contributed by atoms with Crippen molar-refractivity contribution in [2.24, 2.45) is 5.92 Å². The first kappa shape index (κ1) is 21.7. The molecule has 1 saturated heterocycles. The molecule has 0 radical (unpaired) electrons. The third kappa shape index (κ3) is 6.81. The number of rotatable bonds is 5. The molecule has 1 heterocycles. The second kappa shape index (κ2) is 8.61. The van der Waals surface area contributed by atoms with Crippen LogP contribution in [0.3, 0.4) is 0 Å². The van der Waals surface area contributed by atoms with E-state index in [-0.39, 0.29) is 17.8 Å². The number of benzene rings is 1. The van der Waals surface area contributed by atoms with E-state index in [0.717, 1.165) is 24.0 Å². The molecule has 1 aliphatic rings. The van der Waals surface area contributed by atoms with E-state index in [9.17, 15) is 13.2 Å². The van der Waals surface area contributed by atoms with Crippen LogP contribution in [0.1, 0.15) is 44.7 Å². The molecule has 27 heavy (non-hydrogen) atoms. The van der Waals surface area contributed by atoms with Gasteiger partial charge in [0.1, 0.15) is 5.60 Å². The van der Waals surface area contributed by atoms with Gasteiger partial charge >= 0.3 is 6.09 Å². The Kier molecular flexibility index (Phi) is 6.92. The zero-order valence-electron chi connectivity index (χ0n) is 17.1. The second-order valence-electron chi connectivity index (χ2n) is 8.43. The van der Waals surface area contributed by atoms with Crippen LogP contribution in [0.4, 0.5) is 4.79 Å². The summed E-state index contributed by atoms with van der Waals surface area (Å²) in [4.78, 5) is 13.8. The van der Waals surface area contributed by atoms with E-state index in [1.54, 1.807) is 11.9 Å². The molecular formula is C20H32N2O4S. The summed E-state index contributed by atoms with van der Waals surface area (Å²) in [5.74, 6) is 0.266. The van der Waals surface area contributed by atoms with Gasteiger partial charge in [0.05, 0.1) is 5.75 Å². The molecule has 1 aliphatic heterocycles. The number of nitrogens with zero attached hydrogens (tertiary/aromatic N) is 2. The maximum absolute atomic E-state index is 12.6. The topological polar surface area (TPSA) is 66.9 Å². The normalized spacial score (nSPS) is 16.6. The highest BCUT2D eigenvalue weighted by Crippen LogP contribution is 2.22. The van der Waals surface area contributed by atoms with Crippen molar-refractivity contribution in [1.29, 1.82) is 0 Å². The number of hydrogen-bond donors (Lipinski definition) is 0. The lowest BCUT2D eigenvalue weighted by Crippen LogP contribution is -2.44. The van der Waals surface area contributed by atoms with E-state index in [1.165, 1.54) is 4.31 Å². The zero-order valence-corrected chi connectivity index (χ0v) is 17.9. The number of amides is 1. The Labute approximate surface area is 163 Å². The number of ether oxygens (including phenoxy) is 1. The van der Waals surface area contributed by atoms with Gasteiger partial charge in [-0.1, -0.05) is 29.8 Å². The third-order valence-electron chi connectivity index (χ3n) is 4.73. The predicted octanol–water partition coefficient (Wildman–Crippen LogP) is 3.40. The number of sulfonamides is 1. The van der Waals surface area contributed by atoms with E-state index >= 15 is 0 Å². The molecule has 6 nitrogen and oxygen atoms in total. The first-order chi connectivity index (χ1) is 12.5. The standard InChI is InChI=1S/C20H32N2O4S/c1-16-6-8-18(9-7-16)15-27(24,25)21(5)14-17-10-12-22(13-11-17)19(23)26-20(2,3)4/h6-9,17H,10-15H2,1-5H3. The molecule has 0 aromatic heterocycles. The van der Waals surface area contributed by atoms with Crippen LogP contribution in [-0.2, 0) is 20.5 Å². The lowest BCUT2D eigenvalue weighted by Gasteiger charge is -2.34. The largest absolute Gasteiger partial charge is 0.444 e. The number of hydrogen-bond acceptors (Lipinski definition) is 4. The number of carbonyl (C=O) groups excluding carboxylic acids is 1. The van der Waals surface area contributed by atoms with Gasteiger partial charge < -0.3 is 9.64 Å². The maximum Gasteiger partial charge on any atom is 0.410 e. The van der Waals surface area contributed by atoms with Crippen LogP contribution in [0.15, 0.2) is 24.3 Å². The Morgan fingerprint density at radius 3 is 2.26 bits per heavy atom. The molecule has 1 fully saturated rings. The van der Waals surface area contributed by atoms with Gasteiger partial charge in [0.2, 0.25) is 10.0 Å². The Morgan fingerprint density at radius 1 is 1.19 bits per heavy atom. The monoisotopic (exact) mass is 396 g/mol. The zero-order chi connectivity index (χ0) is 20.2. The van der Waals surface area contributed by atoms with Crippen LogP contribution >= 0.6 is 0 Å². The quantitative estimate of drug-likeness (QED) is 0.765. The van der Waals surface area contributed by atoms with Gasteiger partial charge in [-0.05, 0) is 52.0 Å². The molecular weight excluding hydrogens is 364 g/mol. The summed E-state index contributed by atoms with van der Waals surface area (Å²) in [6, 6.07) is 7.58. The Balaban J connectivity index is 1.85. The SMILES string of the molecule is Cc1ccc(CS(=O)(=O)N(C)CC2CCN(C(=O)OC(C)(C)C)CC2)cc1. The van der Waals surface area contributed by atoms with Crippen LogP contribution in [0.25, 0.3) is 0 Å². The molecule has 2 rings (SSSR count). The minimum Gasteiger partial charge on any atom is -0.444 e. The van der Waals surface area contributed by atoms with E-state index in [4.69, 9.17) is 4.74 Å². The van der Waals surface area contributed by atoms with E-state index < -0.39 is 15.6 Å². The fourth-order valence-corrected chi connectivity index (χ4v) is 4.38. The average Bonchev–Trinajstić information content (AvgIpc) is 2.56. The Morgan fingerprint density at radius 2 is 1.74 bits per heavy atom. The Bertz CT molecular complexity index is 730. The van der Waals surface area contributed by atoms with Crippen molar-refractivity contribution < 1.29 is 17.9 Å². The average molecular weight is 397 g/mol. The van der Waals surface area contributed by atoms with Crippen molar-refractivity contribution in [3.05, 3.63) is 35.4 Å². The first-order valence-corrected chi connectivity index (χ1v) is 11.0. The molecule has 0 atom stereocenters. The van der Waals surface area contributed by atoms with Crippen molar-refractivity contribution in [3.8, 4) is 0 Å². The van der Waals surface area contributed by atoms with Gasteiger partial charge in [-0.3, -0.25) is 0 Å². The first-order valence-electron chi connectivity index (χ1n) is 9.44. The number of carbonyl (C=O) groups is 1. The molecule has 1 amide bonds. The van der Waals surface area contributed by atoms with Gasteiger partial charge in [-0.2, -0.15) is 0 Å². The van der Waals surface area contributed by atoms with Crippen molar-refractivity contribution in [3.63, 3.8) is 0 Å². The second-order valence-corrected chi connectivity index (χ2v) is 10.5. The summed E-state index contributed by atoms with van der Waals surface area (Å²) < 4.78 is 32.1. The van der Waals surface area contributed by atoms with Crippen LogP contribution in [0.5, 0.6) is 0 Å². The molecule has 7 heteroatoms. The van der Waals surface area contributed by atoms with Crippen molar-refractivity contribution in [1.82, 2.24) is 9.21 Å². The van der Waals surface area contributed by atoms with Crippen LogP contribution in [0, 0.1) is 12.8 Å². The number of likely N-dealkylation sites (tertiary alicyclic amines) is 1. The number of piperidine rings is 1. The van der Waals surface area contributed by atoms with Gasteiger partial charge in [-0.25, -0.2) is 17.5 Å². The number of aryl methyl sites for hydroxylation is 1. The smallest absolute Gasteiger partial charge is 0.410 e.